The maximum Gasteiger partial charge on any atom is 0.511 e. The number of imidazole rings is 1. The molecule has 182 valence electrons. The molecule has 0 radical (unpaired) electrons. The summed E-state index contributed by atoms with van der Waals surface area (Å²) < 4.78 is 82.6. The van der Waals surface area contributed by atoms with Crippen LogP contribution >= 0.6 is 0 Å². The summed E-state index contributed by atoms with van der Waals surface area (Å²) in [6.07, 6.45) is 4.11. The molecule has 1 atom stereocenters. The summed E-state index contributed by atoms with van der Waals surface area (Å²) in [5.41, 5.74) is -3.64. The average molecular weight is 497 g/mol. The van der Waals surface area contributed by atoms with Crippen LogP contribution in [-0.4, -0.2) is 40.4 Å². The lowest BCUT2D eigenvalue weighted by Crippen LogP contribution is -2.47. The molecule has 0 unspecified atom stereocenters. The number of fused-ring (bicyclic) bond motifs is 1. The van der Waals surface area contributed by atoms with E-state index in [0.717, 1.165) is 5.56 Å². The lowest BCUT2D eigenvalue weighted by molar-refractivity contribution is -0.0492. The van der Waals surface area contributed by atoms with Gasteiger partial charge < -0.3 is 9.47 Å². The average Bonchev–Trinajstić information content (AvgIpc) is 3.11. The van der Waals surface area contributed by atoms with E-state index in [1.165, 1.54) is 18.2 Å². The molecule has 11 heteroatoms. The maximum absolute atomic E-state index is 15.1. The third-order valence-electron chi connectivity index (χ3n) is 5.89. The number of hydrogen-bond donors (Lipinski definition) is 0. The van der Waals surface area contributed by atoms with E-state index in [0.29, 0.717) is 22.8 Å². The lowest BCUT2D eigenvalue weighted by Gasteiger charge is -2.34. The Balaban J connectivity index is 1.78. The molecule has 34 heavy (non-hydrogen) atoms. The molecular formula is C23H24F4N4O2S. The van der Waals surface area contributed by atoms with Gasteiger partial charge in [0.05, 0.1) is 24.3 Å². The highest BCUT2D eigenvalue weighted by atomic mass is 32.2. The number of para-hydroxylation sites is 1. The van der Waals surface area contributed by atoms with E-state index in [-0.39, 0.29) is 17.8 Å². The summed E-state index contributed by atoms with van der Waals surface area (Å²) in [6.45, 7) is -0.890. The van der Waals surface area contributed by atoms with Gasteiger partial charge in [0.25, 0.3) is 0 Å². The summed E-state index contributed by atoms with van der Waals surface area (Å²) in [5.74, 6) is -0.621. The zero-order valence-electron chi connectivity index (χ0n) is 18.4. The van der Waals surface area contributed by atoms with Gasteiger partial charge in [0.2, 0.25) is 0 Å². The Bertz CT molecular complexity index is 1250. The first-order chi connectivity index (χ1) is 16.1. The first-order valence-corrected chi connectivity index (χ1v) is 12.1. The van der Waals surface area contributed by atoms with E-state index in [4.69, 9.17) is 0 Å². The van der Waals surface area contributed by atoms with Crippen molar-refractivity contribution in [1.82, 2.24) is 13.9 Å². The van der Waals surface area contributed by atoms with Gasteiger partial charge in [-0.1, -0.05) is 42.5 Å². The third kappa shape index (κ3) is 4.95. The van der Waals surface area contributed by atoms with Gasteiger partial charge in [-0.2, -0.15) is 17.5 Å². The minimum Gasteiger partial charge on any atom is -0.359 e. The van der Waals surface area contributed by atoms with Crippen molar-refractivity contribution in [1.29, 1.82) is 0 Å². The van der Waals surface area contributed by atoms with Crippen molar-refractivity contribution in [2.45, 2.75) is 37.5 Å². The van der Waals surface area contributed by atoms with Crippen LogP contribution in [-0.2, 0) is 36.6 Å². The molecule has 6 nitrogen and oxygen atoms in total. The molecule has 0 saturated heterocycles. The Kier molecular flexibility index (Phi) is 6.68. The molecule has 1 aliphatic heterocycles. The predicted octanol–water partition coefficient (Wildman–Crippen LogP) is 4.23. The number of aromatic nitrogens is 2. The molecule has 2 heterocycles. The van der Waals surface area contributed by atoms with Crippen LogP contribution in [0, 0.1) is 5.82 Å². The van der Waals surface area contributed by atoms with E-state index < -0.39 is 40.5 Å². The van der Waals surface area contributed by atoms with Crippen LogP contribution in [0.4, 0.5) is 23.2 Å². The zero-order chi connectivity index (χ0) is 24.5. The number of alkyl halides is 3. The smallest absolute Gasteiger partial charge is 0.359 e. The summed E-state index contributed by atoms with van der Waals surface area (Å²) in [5, 5.41) is 0. The van der Waals surface area contributed by atoms with Crippen LogP contribution in [0.1, 0.15) is 23.2 Å². The van der Waals surface area contributed by atoms with Crippen molar-refractivity contribution in [3.05, 3.63) is 83.7 Å². The quantitative estimate of drug-likeness (QED) is 0.480. The second kappa shape index (κ2) is 9.38. The summed E-state index contributed by atoms with van der Waals surface area (Å²) >= 11 is 0. The van der Waals surface area contributed by atoms with E-state index in [1.54, 1.807) is 29.0 Å². The Labute approximate surface area is 195 Å². The zero-order valence-corrected chi connectivity index (χ0v) is 19.2. The van der Waals surface area contributed by atoms with Gasteiger partial charge in [0.1, 0.15) is 5.82 Å². The van der Waals surface area contributed by atoms with Crippen LogP contribution in [0.5, 0.6) is 0 Å². The number of sulfonamides is 1. The number of hydrogen-bond acceptors (Lipinski definition) is 4. The number of aryl methyl sites for hydroxylation is 2. The van der Waals surface area contributed by atoms with Gasteiger partial charge in [0.15, 0.2) is 0 Å². The molecule has 0 bridgehead atoms. The number of benzene rings is 2. The minimum absolute atomic E-state index is 0.103. The van der Waals surface area contributed by atoms with Crippen LogP contribution in [0.15, 0.2) is 61.1 Å². The maximum atomic E-state index is 15.1. The SMILES string of the molecule is Cn1cnc(CN2c3c(F)cccc3CN(S(=O)(=O)C(F)(F)F)C[C@@H]2CCc2ccccc2)c1. The van der Waals surface area contributed by atoms with Crippen molar-refractivity contribution < 1.29 is 26.0 Å². The highest BCUT2D eigenvalue weighted by molar-refractivity contribution is 7.89. The number of halogens is 4. The lowest BCUT2D eigenvalue weighted by atomic mass is 10.0. The molecule has 0 fully saturated rings. The van der Waals surface area contributed by atoms with E-state index in [2.05, 4.69) is 4.98 Å². The van der Waals surface area contributed by atoms with Crippen LogP contribution in [0.25, 0.3) is 0 Å². The fourth-order valence-corrected chi connectivity index (χ4v) is 5.24. The standard InChI is InChI=1S/C23H24F4N4O2S/c1-29-13-19(28-16-29)14-31-20(11-10-17-6-3-2-4-7-17)15-30(34(32,33)23(25,26)27)12-18-8-5-9-21(24)22(18)31/h2-9,13,16,20H,10-12,14-15H2,1H3/t20-/m0/s1. The monoisotopic (exact) mass is 496 g/mol. The first-order valence-electron chi connectivity index (χ1n) is 10.7. The summed E-state index contributed by atoms with van der Waals surface area (Å²) in [7, 11) is -3.85. The second-order valence-corrected chi connectivity index (χ2v) is 10.3. The van der Waals surface area contributed by atoms with Crippen molar-refractivity contribution in [3.63, 3.8) is 0 Å². The summed E-state index contributed by atoms with van der Waals surface area (Å²) in [6, 6.07) is 12.7. The number of anilines is 1. The predicted molar refractivity (Wildman–Crippen MR) is 120 cm³/mol. The largest absolute Gasteiger partial charge is 0.511 e. The highest BCUT2D eigenvalue weighted by Gasteiger charge is 2.51. The second-order valence-electron chi connectivity index (χ2n) is 8.33. The van der Waals surface area contributed by atoms with Crippen LogP contribution < -0.4 is 4.90 Å². The molecule has 1 aromatic heterocycles. The molecule has 0 spiro atoms. The topological polar surface area (TPSA) is 58.4 Å². The summed E-state index contributed by atoms with van der Waals surface area (Å²) in [4.78, 5) is 5.94. The first kappa shape index (κ1) is 24.2. The van der Waals surface area contributed by atoms with Gasteiger partial charge in [-0.3, -0.25) is 0 Å². The number of nitrogens with zero attached hydrogens (tertiary/aromatic N) is 4. The Morgan fingerprint density at radius 1 is 1.09 bits per heavy atom. The van der Waals surface area contributed by atoms with Crippen molar-refractivity contribution >= 4 is 15.7 Å². The Morgan fingerprint density at radius 2 is 1.82 bits per heavy atom. The molecule has 3 aromatic rings. The number of rotatable bonds is 6. The van der Waals surface area contributed by atoms with Gasteiger partial charge in [0, 0.05) is 32.4 Å². The Morgan fingerprint density at radius 3 is 2.47 bits per heavy atom. The van der Waals surface area contributed by atoms with Gasteiger partial charge in [-0.05, 0) is 30.0 Å². The van der Waals surface area contributed by atoms with Gasteiger partial charge in [-0.15, -0.1) is 0 Å². The molecule has 0 saturated carbocycles. The van der Waals surface area contributed by atoms with Crippen molar-refractivity contribution in [2.24, 2.45) is 7.05 Å². The van der Waals surface area contributed by atoms with Crippen LogP contribution in [0.2, 0.25) is 0 Å². The Hall–Kier alpha value is -2.92. The fourth-order valence-electron chi connectivity index (χ4n) is 4.27. The molecule has 1 aliphatic rings. The molecule has 0 aliphatic carbocycles. The third-order valence-corrected chi connectivity index (χ3v) is 7.43. The van der Waals surface area contributed by atoms with Crippen LogP contribution in [0.3, 0.4) is 0 Å². The van der Waals surface area contributed by atoms with E-state index in [9.17, 15) is 21.6 Å². The normalized spacial score (nSPS) is 17.4. The molecule has 0 N–H and O–H groups in total. The fraction of sp³-hybridized carbons (Fsp3) is 0.348. The van der Waals surface area contributed by atoms with Crippen molar-refractivity contribution in [2.75, 3.05) is 11.4 Å². The van der Waals surface area contributed by atoms with Gasteiger partial charge in [-0.25, -0.2) is 17.8 Å². The van der Waals surface area contributed by atoms with Crippen molar-refractivity contribution in [3.8, 4) is 0 Å². The molecule has 4 rings (SSSR count). The minimum atomic E-state index is -5.62. The molecular weight excluding hydrogens is 472 g/mol. The molecule has 0 amide bonds. The highest BCUT2D eigenvalue weighted by Crippen LogP contribution is 2.37. The van der Waals surface area contributed by atoms with E-state index in [1.807, 2.05) is 30.3 Å². The van der Waals surface area contributed by atoms with E-state index >= 15 is 4.39 Å². The van der Waals surface area contributed by atoms with Gasteiger partial charge >= 0.3 is 15.5 Å². The molecule has 2 aromatic carbocycles.